The summed E-state index contributed by atoms with van der Waals surface area (Å²) in [5.74, 6) is 1.61. The largest absolute Gasteiger partial charge is 0.379 e. The third kappa shape index (κ3) is 8.20. The van der Waals surface area contributed by atoms with E-state index in [4.69, 9.17) is 14.5 Å². The molecule has 0 bridgehead atoms. The molecule has 0 spiro atoms. The summed E-state index contributed by atoms with van der Waals surface area (Å²) in [4.78, 5) is 9.88. The number of hydrogen-bond donors (Lipinski definition) is 2. The van der Waals surface area contributed by atoms with Gasteiger partial charge in [-0.05, 0) is 19.3 Å². The van der Waals surface area contributed by atoms with Crippen molar-refractivity contribution in [3.63, 3.8) is 0 Å². The maximum absolute atomic E-state index is 5.51. The molecule has 0 aromatic heterocycles. The van der Waals surface area contributed by atoms with Crippen molar-refractivity contribution in [1.29, 1.82) is 0 Å². The van der Waals surface area contributed by atoms with E-state index in [1.54, 1.807) is 0 Å². The predicted molar refractivity (Wildman–Crippen MR) is 107 cm³/mol. The van der Waals surface area contributed by atoms with Crippen LogP contribution in [-0.4, -0.2) is 101 Å². The summed E-state index contributed by atoms with van der Waals surface area (Å²) in [5, 5.41) is 6.88. The summed E-state index contributed by atoms with van der Waals surface area (Å²) in [6, 6.07) is 0.494. The first-order valence-corrected chi connectivity index (χ1v) is 10.3. The summed E-state index contributed by atoms with van der Waals surface area (Å²) >= 11 is 0. The van der Waals surface area contributed by atoms with Gasteiger partial charge in [-0.15, -0.1) is 0 Å². The van der Waals surface area contributed by atoms with E-state index in [1.165, 1.54) is 6.42 Å². The third-order valence-corrected chi connectivity index (χ3v) is 4.93. The van der Waals surface area contributed by atoms with Gasteiger partial charge < -0.3 is 20.1 Å². The monoisotopic (exact) mass is 369 g/mol. The number of aliphatic imine (C=N–C) groups is 1. The first-order valence-electron chi connectivity index (χ1n) is 10.3. The minimum Gasteiger partial charge on any atom is -0.379 e. The van der Waals surface area contributed by atoms with Crippen molar-refractivity contribution in [1.82, 2.24) is 20.4 Å². The number of guanidine groups is 1. The lowest BCUT2D eigenvalue weighted by atomic mass is 10.0. The Morgan fingerprint density at radius 1 is 1.00 bits per heavy atom. The average molecular weight is 370 g/mol. The summed E-state index contributed by atoms with van der Waals surface area (Å²) in [6.07, 6.45) is 1.18. The van der Waals surface area contributed by atoms with Crippen LogP contribution in [-0.2, 0) is 9.47 Å². The van der Waals surface area contributed by atoms with Crippen LogP contribution in [0.4, 0.5) is 0 Å². The van der Waals surface area contributed by atoms with Gasteiger partial charge in [0.2, 0.25) is 0 Å². The first kappa shape index (κ1) is 21.4. The van der Waals surface area contributed by atoms with Crippen molar-refractivity contribution in [2.75, 3.05) is 78.8 Å². The summed E-state index contributed by atoms with van der Waals surface area (Å²) in [6.45, 7) is 17.9. The Labute approximate surface area is 159 Å². The fraction of sp³-hybridized carbons (Fsp3) is 0.947. The second-order valence-electron chi connectivity index (χ2n) is 7.53. The fourth-order valence-corrected chi connectivity index (χ4v) is 3.52. The van der Waals surface area contributed by atoms with Gasteiger partial charge in [-0.2, -0.15) is 0 Å². The first-order chi connectivity index (χ1) is 12.7. The highest BCUT2D eigenvalue weighted by molar-refractivity contribution is 5.79. The summed E-state index contributed by atoms with van der Waals surface area (Å²) in [5.41, 5.74) is 0. The topological polar surface area (TPSA) is 61.4 Å². The molecule has 152 valence electrons. The zero-order chi connectivity index (χ0) is 18.6. The molecule has 0 saturated carbocycles. The second-order valence-corrected chi connectivity index (χ2v) is 7.53. The van der Waals surface area contributed by atoms with Gasteiger partial charge >= 0.3 is 0 Å². The van der Waals surface area contributed by atoms with E-state index >= 15 is 0 Å². The molecule has 26 heavy (non-hydrogen) atoms. The van der Waals surface area contributed by atoms with Crippen molar-refractivity contribution in [2.45, 2.75) is 33.2 Å². The molecule has 2 N–H and O–H groups in total. The molecular formula is C19H39N5O2. The van der Waals surface area contributed by atoms with Gasteiger partial charge in [-0.25, -0.2) is 0 Å². The van der Waals surface area contributed by atoms with E-state index in [0.29, 0.717) is 12.0 Å². The maximum Gasteiger partial charge on any atom is 0.191 e. The minimum atomic E-state index is 0.494. The maximum atomic E-state index is 5.51. The van der Waals surface area contributed by atoms with Crippen LogP contribution in [0.5, 0.6) is 0 Å². The lowest BCUT2D eigenvalue weighted by Gasteiger charge is -2.34. The number of nitrogens with zero attached hydrogens (tertiary/aromatic N) is 3. The molecule has 0 aromatic rings. The molecule has 2 fully saturated rings. The van der Waals surface area contributed by atoms with Gasteiger partial charge in [0.1, 0.15) is 0 Å². The average Bonchev–Trinajstić information content (AvgIpc) is 2.66. The molecule has 0 aromatic carbocycles. The predicted octanol–water partition coefficient (Wildman–Crippen LogP) is 0.621. The number of morpholine rings is 2. The Morgan fingerprint density at radius 3 is 2.27 bits per heavy atom. The molecule has 2 aliphatic heterocycles. The Bertz CT molecular complexity index is 393. The smallest absolute Gasteiger partial charge is 0.191 e. The number of nitrogens with one attached hydrogen (secondary N) is 2. The highest BCUT2D eigenvalue weighted by Gasteiger charge is 2.21. The Morgan fingerprint density at radius 2 is 1.65 bits per heavy atom. The van der Waals surface area contributed by atoms with Crippen LogP contribution in [0.1, 0.15) is 27.2 Å². The van der Waals surface area contributed by atoms with E-state index < -0.39 is 0 Å². The van der Waals surface area contributed by atoms with Gasteiger partial charge in [0.05, 0.1) is 33.0 Å². The standard InChI is InChI=1S/C19H39N5O2/c1-4-20-19(21-5-6-23-7-11-25-12-8-23)22-16-18(15-17(2)3)24-9-13-26-14-10-24/h17-18H,4-16H2,1-3H3,(H2,20,21,22). The van der Waals surface area contributed by atoms with Gasteiger partial charge in [0, 0.05) is 51.9 Å². The Hall–Kier alpha value is -0.890. The van der Waals surface area contributed by atoms with Crippen LogP contribution in [0, 0.1) is 5.92 Å². The van der Waals surface area contributed by atoms with Gasteiger partial charge in [-0.1, -0.05) is 13.8 Å². The molecule has 2 heterocycles. The zero-order valence-corrected chi connectivity index (χ0v) is 17.0. The molecule has 0 amide bonds. The molecular weight excluding hydrogens is 330 g/mol. The molecule has 1 atom stereocenters. The van der Waals surface area contributed by atoms with Crippen molar-refractivity contribution in [3.05, 3.63) is 0 Å². The molecule has 7 heteroatoms. The van der Waals surface area contributed by atoms with E-state index in [0.717, 1.165) is 84.7 Å². The summed E-state index contributed by atoms with van der Waals surface area (Å²) in [7, 11) is 0. The SMILES string of the molecule is CCNC(=NCC(CC(C)C)N1CCOCC1)NCCN1CCOCC1. The summed E-state index contributed by atoms with van der Waals surface area (Å²) < 4.78 is 10.9. The molecule has 1 unspecified atom stereocenters. The lowest BCUT2D eigenvalue weighted by Crippen LogP contribution is -2.47. The van der Waals surface area contributed by atoms with Crippen LogP contribution in [0.2, 0.25) is 0 Å². The van der Waals surface area contributed by atoms with Crippen LogP contribution in [0.25, 0.3) is 0 Å². The van der Waals surface area contributed by atoms with Crippen LogP contribution < -0.4 is 10.6 Å². The zero-order valence-electron chi connectivity index (χ0n) is 17.0. The molecule has 7 nitrogen and oxygen atoms in total. The van der Waals surface area contributed by atoms with E-state index in [-0.39, 0.29) is 0 Å². The quantitative estimate of drug-likeness (QED) is 0.459. The van der Waals surface area contributed by atoms with Crippen molar-refractivity contribution < 1.29 is 9.47 Å². The van der Waals surface area contributed by atoms with E-state index in [9.17, 15) is 0 Å². The van der Waals surface area contributed by atoms with Crippen LogP contribution >= 0.6 is 0 Å². The number of hydrogen-bond acceptors (Lipinski definition) is 5. The molecule has 2 aliphatic rings. The third-order valence-electron chi connectivity index (χ3n) is 4.93. The van der Waals surface area contributed by atoms with E-state index in [1.807, 2.05) is 0 Å². The van der Waals surface area contributed by atoms with Gasteiger partial charge in [-0.3, -0.25) is 14.8 Å². The highest BCUT2D eigenvalue weighted by Crippen LogP contribution is 2.14. The Balaban J connectivity index is 1.82. The van der Waals surface area contributed by atoms with Gasteiger partial charge in [0.25, 0.3) is 0 Å². The second kappa shape index (κ2) is 12.5. The molecule has 2 saturated heterocycles. The van der Waals surface area contributed by atoms with Crippen molar-refractivity contribution >= 4 is 5.96 Å². The van der Waals surface area contributed by atoms with Crippen LogP contribution in [0.3, 0.4) is 0 Å². The van der Waals surface area contributed by atoms with Gasteiger partial charge in [0.15, 0.2) is 5.96 Å². The van der Waals surface area contributed by atoms with Crippen molar-refractivity contribution in [2.24, 2.45) is 10.9 Å². The van der Waals surface area contributed by atoms with Crippen molar-refractivity contribution in [3.8, 4) is 0 Å². The lowest BCUT2D eigenvalue weighted by molar-refractivity contribution is 0.0143. The fourth-order valence-electron chi connectivity index (χ4n) is 3.52. The highest BCUT2D eigenvalue weighted by atomic mass is 16.5. The number of rotatable bonds is 9. The number of ether oxygens (including phenoxy) is 2. The normalized spacial score (nSPS) is 21.8. The Kier molecular flexibility index (Phi) is 10.3. The molecule has 0 radical (unpaired) electrons. The minimum absolute atomic E-state index is 0.494. The molecule has 0 aliphatic carbocycles. The van der Waals surface area contributed by atoms with Crippen LogP contribution in [0.15, 0.2) is 4.99 Å². The molecule has 2 rings (SSSR count). The van der Waals surface area contributed by atoms with E-state index in [2.05, 4.69) is 41.2 Å².